The van der Waals surface area contributed by atoms with Crippen molar-refractivity contribution >= 4 is 46.5 Å². The van der Waals surface area contributed by atoms with Gasteiger partial charge in [-0.25, -0.2) is 14.3 Å². The fraction of sp³-hybridized carbons (Fsp3) is 0.188. The Kier molecular flexibility index (Phi) is 9.26. The largest absolute Gasteiger partial charge is 0.481 e. The molecule has 1 aromatic heterocycles. The predicted octanol–water partition coefficient (Wildman–Crippen LogP) is 3.03. The van der Waals surface area contributed by atoms with Gasteiger partial charge in [0.1, 0.15) is 11.2 Å². The lowest BCUT2D eigenvalue weighted by atomic mass is 9.80. The maximum atomic E-state index is 13.1. The molecule has 0 saturated carbocycles. The maximum absolute atomic E-state index is 13.1. The number of nitrogens with two attached hydrogens (primary N) is 2. The highest BCUT2D eigenvalue weighted by molar-refractivity contribution is 6.14. The van der Waals surface area contributed by atoms with Gasteiger partial charge in [-0.1, -0.05) is 54.6 Å². The molecule has 45 heavy (non-hydrogen) atoms. The van der Waals surface area contributed by atoms with Crippen LogP contribution in [0.25, 0.3) is 33.8 Å². The first-order valence-corrected chi connectivity index (χ1v) is 13.7. The quantitative estimate of drug-likeness (QED) is 0.0888. The van der Waals surface area contributed by atoms with Crippen LogP contribution in [-0.2, 0) is 29.5 Å². The standard InChI is InChI=1S/C32H30N4O9/c33-31(29(42)43,16-14-25(38)39)23-12-10-19-6-4-5-9-22(19)27(23)28-20(18-36(35-28)21-7-2-1-3-8-21)11-13-24(37)32(34,30(44)45)17-15-26(40)41/h1-13,18H,14-17,33-34H2,(H,38,39)(H,40,41)(H,42,43)(H,44,45)/b13-11+/t31-,32-/m1/s1. The van der Waals surface area contributed by atoms with Gasteiger partial charge in [-0.15, -0.1) is 0 Å². The van der Waals surface area contributed by atoms with E-state index in [1.165, 1.54) is 23.0 Å². The number of carboxylic acid groups (broad SMARTS) is 4. The molecular weight excluding hydrogens is 584 g/mol. The summed E-state index contributed by atoms with van der Waals surface area (Å²) in [5.74, 6) is -6.82. The summed E-state index contributed by atoms with van der Waals surface area (Å²) in [6, 6.07) is 19.0. The molecule has 13 nitrogen and oxygen atoms in total. The number of fused-ring (bicyclic) bond motifs is 1. The van der Waals surface area contributed by atoms with Crippen molar-refractivity contribution in [3.05, 3.63) is 90.1 Å². The summed E-state index contributed by atoms with van der Waals surface area (Å²) >= 11 is 0. The van der Waals surface area contributed by atoms with E-state index in [1.807, 2.05) is 0 Å². The zero-order valence-electron chi connectivity index (χ0n) is 23.8. The van der Waals surface area contributed by atoms with Crippen LogP contribution in [0.1, 0.15) is 36.8 Å². The second-order valence-corrected chi connectivity index (χ2v) is 10.5. The highest BCUT2D eigenvalue weighted by Gasteiger charge is 2.42. The monoisotopic (exact) mass is 614 g/mol. The van der Waals surface area contributed by atoms with Gasteiger partial charge in [0.2, 0.25) is 0 Å². The number of carbonyl (C=O) groups excluding carboxylic acids is 1. The molecule has 0 bridgehead atoms. The molecule has 0 fully saturated rings. The number of hydrogen-bond donors (Lipinski definition) is 6. The fourth-order valence-electron chi connectivity index (χ4n) is 4.93. The number of benzene rings is 3. The first kappa shape index (κ1) is 32.3. The Hall–Kier alpha value is -5.66. The Morgan fingerprint density at radius 1 is 0.778 bits per heavy atom. The molecule has 2 atom stereocenters. The minimum Gasteiger partial charge on any atom is -0.481 e. The van der Waals surface area contributed by atoms with Gasteiger partial charge in [0.25, 0.3) is 0 Å². The SMILES string of the molecule is N[C@@](CCC(=O)O)(C(=O)O)C(=O)/C=C/c1cn(-c2ccccc2)nc1-c1c([C@](N)(CCC(=O)O)C(=O)O)ccc2ccccc12. The summed E-state index contributed by atoms with van der Waals surface area (Å²) < 4.78 is 1.47. The molecule has 8 N–H and O–H groups in total. The zero-order valence-corrected chi connectivity index (χ0v) is 23.8. The van der Waals surface area contributed by atoms with Crippen molar-refractivity contribution in [2.75, 3.05) is 0 Å². The summed E-state index contributed by atoms with van der Waals surface area (Å²) in [6.07, 6.45) is 1.38. The van der Waals surface area contributed by atoms with Crippen molar-refractivity contribution in [2.45, 2.75) is 36.8 Å². The number of aromatic nitrogens is 2. The van der Waals surface area contributed by atoms with Crippen LogP contribution < -0.4 is 11.5 Å². The minimum atomic E-state index is -2.53. The molecule has 0 aliphatic carbocycles. The normalized spacial score (nSPS) is 14.1. The van der Waals surface area contributed by atoms with E-state index < -0.39 is 66.4 Å². The van der Waals surface area contributed by atoms with Gasteiger partial charge in [0, 0.05) is 30.2 Å². The number of carboxylic acids is 4. The fourth-order valence-corrected chi connectivity index (χ4v) is 4.93. The second-order valence-electron chi connectivity index (χ2n) is 10.5. The average molecular weight is 615 g/mol. The summed E-state index contributed by atoms with van der Waals surface area (Å²) in [7, 11) is 0. The molecule has 0 spiro atoms. The van der Waals surface area contributed by atoms with Gasteiger partial charge in [-0.3, -0.25) is 14.4 Å². The topological polar surface area (TPSA) is 236 Å². The van der Waals surface area contributed by atoms with Gasteiger partial charge in [0.05, 0.1) is 5.69 Å². The maximum Gasteiger partial charge on any atom is 0.331 e. The number of nitrogens with zero attached hydrogens (tertiary/aromatic N) is 2. The highest BCUT2D eigenvalue weighted by Crippen LogP contribution is 2.40. The molecule has 3 aromatic carbocycles. The lowest BCUT2D eigenvalue weighted by molar-refractivity contribution is -0.148. The summed E-state index contributed by atoms with van der Waals surface area (Å²) in [6.45, 7) is 0. The predicted molar refractivity (Wildman–Crippen MR) is 162 cm³/mol. The van der Waals surface area contributed by atoms with Crippen molar-refractivity contribution in [2.24, 2.45) is 11.5 Å². The summed E-state index contributed by atoms with van der Waals surface area (Å²) in [4.78, 5) is 60.3. The van der Waals surface area contributed by atoms with Gasteiger partial charge in [0.15, 0.2) is 11.3 Å². The summed E-state index contributed by atoms with van der Waals surface area (Å²) in [5.41, 5.74) is 8.97. The molecule has 13 heteroatoms. The lowest BCUT2D eigenvalue weighted by Gasteiger charge is -2.28. The first-order chi connectivity index (χ1) is 21.3. The molecule has 232 valence electrons. The van der Waals surface area contributed by atoms with Gasteiger partial charge >= 0.3 is 23.9 Å². The number of rotatable bonds is 14. The van der Waals surface area contributed by atoms with Gasteiger partial charge in [-0.05, 0) is 53.5 Å². The van der Waals surface area contributed by atoms with E-state index in [1.54, 1.807) is 60.7 Å². The third-order valence-electron chi connectivity index (χ3n) is 7.49. The Balaban J connectivity index is 1.99. The van der Waals surface area contributed by atoms with E-state index in [4.69, 9.17) is 21.7 Å². The molecule has 1 heterocycles. The highest BCUT2D eigenvalue weighted by atomic mass is 16.4. The number of carbonyl (C=O) groups is 5. The molecule has 0 amide bonds. The van der Waals surface area contributed by atoms with Crippen LogP contribution in [-0.4, -0.2) is 65.4 Å². The van der Waals surface area contributed by atoms with Crippen LogP contribution in [0.2, 0.25) is 0 Å². The van der Waals surface area contributed by atoms with E-state index in [0.29, 0.717) is 16.5 Å². The second kappa shape index (κ2) is 12.9. The first-order valence-electron chi connectivity index (χ1n) is 13.7. The smallest absolute Gasteiger partial charge is 0.331 e. The van der Waals surface area contributed by atoms with E-state index in [-0.39, 0.29) is 22.4 Å². The van der Waals surface area contributed by atoms with Crippen molar-refractivity contribution < 1.29 is 44.4 Å². The third kappa shape index (κ3) is 6.64. The third-order valence-corrected chi connectivity index (χ3v) is 7.49. The number of para-hydroxylation sites is 1. The number of hydrogen-bond acceptors (Lipinski definition) is 8. The van der Waals surface area contributed by atoms with Gasteiger partial charge < -0.3 is 31.9 Å². The molecule has 0 aliphatic heterocycles. The molecule has 0 saturated heterocycles. The van der Waals surface area contributed by atoms with Crippen LogP contribution >= 0.6 is 0 Å². The minimum absolute atomic E-state index is 0.0643. The van der Waals surface area contributed by atoms with Crippen LogP contribution in [0.4, 0.5) is 0 Å². The summed E-state index contributed by atoms with van der Waals surface area (Å²) in [5, 5.41) is 44.3. The molecule has 4 aromatic rings. The number of ketones is 1. The van der Waals surface area contributed by atoms with Gasteiger partial charge in [-0.2, -0.15) is 5.10 Å². The zero-order chi connectivity index (χ0) is 32.9. The molecule has 0 unspecified atom stereocenters. The Morgan fingerprint density at radius 3 is 2.02 bits per heavy atom. The van der Waals surface area contributed by atoms with Crippen LogP contribution in [0, 0.1) is 0 Å². The number of aliphatic carboxylic acids is 4. The molecule has 0 radical (unpaired) electrons. The van der Waals surface area contributed by atoms with Crippen LogP contribution in [0.5, 0.6) is 0 Å². The van der Waals surface area contributed by atoms with Crippen molar-refractivity contribution in [3.8, 4) is 16.9 Å². The van der Waals surface area contributed by atoms with E-state index in [9.17, 15) is 39.3 Å². The Bertz CT molecular complexity index is 1830. The molecule has 0 aliphatic rings. The van der Waals surface area contributed by atoms with Crippen LogP contribution in [0.15, 0.2) is 79.0 Å². The Labute approximate surface area is 256 Å². The van der Waals surface area contributed by atoms with Crippen molar-refractivity contribution in [1.82, 2.24) is 9.78 Å². The van der Waals surface area contributed by atoms with Crippen LogP contribution in [0.3, 0.4) is 0 Å². The molecule has 4 rings (SSSR count). The Morgan fingerprint density at radius 2 is 1.40 bits per heavy atom. The lowest BCUT2D eigenvalue weighted by Crippen LogP contribution is -2.54. The van der Waals surface area contributed by atoms with E-state index >= 15 is 0 Å². The van der Waals surface area contributed by atoms with E-state index in [2.05, 4.69) is 0 Å². The average Bonchev–Trinajstić information content (AvgIpc) is 3.44. The molecular formula is C32H30N4O9. The van der Waals surface area contributed by atoms with E-state index in [0.717, 1.165) is 6.08 Å². The van der Waals surface area contributed by atoms with Crippen molar-refractivity contribution in [3.63, 3.8) is 0 Å². The van der Waals surface area contributed by atoms with Crippen molar-refractivity contribution in [1.29, 1.82) is 0 Å².